The Morgan fingerprint density at radius 3 is 2.76 bits per heavy atom. The van der Waals surface area contributed by atoms with Gasteiger partial charge < -0.3 is 0 Å². The predicted octanol–water partition coefficient (Wildman–Crippen LogP) is 2.69. The Hall–Kier alpha value is -0.770. The molecule has 7 heteroatoms. The number of hydrogen-bond acceptors (Lipinski definition) is 3. The summed E-state index contributed by atoms with van der Waals surface area (Å²) in [7, 11) is -3.44. The van der Waals surface area contributed by atoms with Crippen LogP contribution in [-0.2, 0) is 10.0 Å². The number of nitrogens with one attached hydrogen (secondary N) is 1. The number of alkyl halides is 1. The van der Waals surface area contributed by atoms with Crippen molar-refractivity contribution in [1.82, 2.24) is 0 Å². The highest BCUT2D eigenvalue weighted by molar-refractivity contribution is 9.10. The lowest BCUT2D eigenvalue weighted by atomic mass is 10.2. The lowest BCUT2D eigenvalue weighted by molar-refractivity contribution is 0.600. The van der Waals surface area contributed by atoms with Crippen molar-refractivity contribution in [2.45, 2.75) is 6.42 Å². The third-order valence-corrected chi connectivity index (χ3v) is 4.03. The van der Waals surface area contributed by atoms with Gasteiger partial charge in [-0.2, -0.15) is 5.26 Å². The van der Waals surface area contributed by atoms with Crippen molar-refractivity contribution in [3.8, 4) is 6.07 Å². The Labute approximate surface area is 114 Å². The molecule has 4 nitrogen and oxygen atoms in total. The van der Waals surface area contributed by atoms with Crippen LogP contribution in [0.3, 0.4) is 0 Å². The Morgan fingerprint density at radius 1 is 1.47 bits per heavy atom. The summed E-state index contributed by atoms with van der Waals surface area (Å²) in [4.78, 5) is 0. The minimum Gasteiger partial charge on any atom is -0.282 e. The monoisotopic (exact) mass is 336 g/mol. The maximum Gasteiger partial charge on any atom is 0.232 e. The van der Waals surface area contributed by atoms with Crippen LogP contribution in [0.2, 0.25) is 0 Å². The minimum absolute atomic E-state index is 0.0581. The average molecular weight is 338 g/mol. The van der Waals surface area contributed by atoms with Crippen molar-refractivity contribution in [1.29, 1.82) is 5.26 Å². The van der Waals surface area contributed by atoms with Crippen LogP contribution < -0.4 is 4.72 Å². The van der Waals surface area contributed by atoms with E-state index in [1.807, 2.05) is 6.07 Å². The first-order valence-electron chi connectivity index (χ1n) is 4.74. The van der Waals surface area contributed by atoms with E-state index in [0.717, 1.165) is 4.47 Å². The molecule has 1 N–H and O–H groups in total. The zero-order valence-electron chi connectivity index (χ0n) is 8.78. The molecule has 0 spiro atoms. The van der Waals surface area contributed by atoms with Gasteiger partial charge in [-0.3, -0.25) is 4.72 Å². The van der Waals surface area contributed by atoms with E-state index in [2.05, 4.69) is 20.7 Å². The fourth-order valence-corrected chi connectivity index (χ4v) is 2.95. The molecule has 0 bridgehead atoms. The number of nitrogens with zero attached hydrogens (tertiary/aromatic N) is 1. The summed E-state index contributed by atoms with van der Waals surface area (Å²) in [6.07, 6.45) is 0.370. The topological polar surface area (TPSA) is 70.0 Å². The molecule has 0 saturated heterocycles. The van der Waals surface area contributed by atoms with Crippen molar-refractivity contribution in [2.24, 2.45) is 0 Å². The molecule has 0 atom stereocenters. The molecule has 0 unspecified atom stereocenters. The summed E-state index contributed by atoms with van der Waals surface area (Å²) >= 11 is 8.65. The van der Waals surface area contributed by atoms with Crippen molar-refractivity contribution in [3.05, 3.63) is 28.2 Å². The molecular weight excluding hydrogens is 328 g/mol. The quantitative estimate of drug-likeness (QED) is 0.840. The summed E-state index contributed by atoms with van der Waals surface area (Å²) in [5.74, 6) is 0.226. The first-order chi connectivity index (χ1) is 7.98. The van der Waals surface area contributed by atoms with Gasteiger partial charge in [-0.1, -0.05) is 15.9 Å². The predicted molar refractivity (Wildman–Crippen MR) is 71.6 cm³/mol. The second-order valence-electron chi connectivity index (χ2n) is 3.27. The van der Waals surface area contributed by atoms with Gasteiger partial charge in [-0.25, -0.2) is 8.42 Å². The first-order valence-corrected chi connectivity index (χ1v) is 7.72. The van der Waals surface area contributed by atoms with Gasteiger partial charge in [0.05, 0.1) is 17.0 Å². The second-order valence-corrected chi connectivity index (χ2v) is 6.40. The normalized spacial score (nSPS) is 10.9. The van der Waals surface area contributed by atoms with Gasteiger partial charge >= 0.3 is 0 Å². The molecule has 92 valence electrons. The number of benzene rings is 1. The van der Waals surface area contributed by atoms with Gasteiger partial charge in [0.15, 0.2) is 0 Å². The van der Waals surface area contributed by atoms with Crippen LogP contribution in [0.4, 0.5) is 5.69 Å². The van der Waals surface area contributed by atoms with Crippen LogP contribution in [0.5, 0.6) is 0 Å². The Balaban J connectivity index is 2.92. The highest BCUT2D eigenvalue weighted by Crippen LogP contribution is 2.21. The van der Waals surface area contributed by atoms with Gasteiger partial charge in [-0.15, -0.1) is 11.6 Å². The molecule has 17 heavy (non-hydrogen) atoms. The fourth-order valence-electron chi connectivity index (χ4n) is 1.16. The highest BCUT2D eigenvalue weighted by Gasteiger charge is 2.12. The molecule has 1 aromatic carbocycles. The first kappa shape index (κ1) is 14.3. The van der Waals surface area contributed by atoms with E-state index < -0.39 is 10.0 Å². The van der Waals surface area contributed by atoms with Gasteiger partial charge in [0.2, 0.25) is 10.0 Å². The average Bonchev–Trinajstić information content (AvgIpc) is 2.28. The Kier molecular flexibility index (Phi) is 5.25. The minimum atomic E-state index is -3.44. The Morgan fingerprint density at radius 2 is 2.18 bits per heavy atom. The molecule has 1 rings (SSSR count). The summed E-state index contributed by atoms with van der Waals surface area (Å²) in [5.41, 5.74) is 0.555. The molecule has 0 aromatic heterocycles. The van der Waals surface area contributed by atoms with Gasteiger partial charge in [-0.05, 0) is 24.6 Å². The van der Waals surface area contributed by atoms with Gasteiger partial charge in [0.25, 0.3) is 0 Å². The summed E-state index contributed by atoms with van der Waals surface area (Å²) in [6, 6.07) is 6.70. The number of nitriles is 1. The number of sulfonamides is 1. The number of halogens is 2. The molecule has 0 aliphatic carbocycles. The van der Waals surface area contributed by atoms with E-state index in [9.17, 15) is 8.42 Å². The molecular formula is C10H10BrClN2O2S. The van der Waals surface area contributed by atoms with E-state index in [0.29, 0.717) is 6.42 Å². The maximum absolute atomic E-state index is 11.6. The molecule has 0 saturated carbocycles. The van der Waals surface area contributed by atoms with E-state index in [1.54, 1.807) is 18.2 Å². The van der Waals surface area contributed by atoms with E-state index in [4.69, 9.17) is 16.9 Å². The number of anilines is 1. The Bertz CT molecular complexity index is 540. The van der Waals surface area contributed by atoms with E-state index >= 15 is 0 Å². The van der Waals surface area contributed by atoms with Crippen LogP contribution in [0.1, 0.15) is 12.0 Å². The van der Waals surface area contributed by atoms with E-state index in [1.165, 1.54) is 0 Å². The second kappa shape index (κ2) is 6.24. The zero-order chi connectivity index (χ0) is 12.9. The van der Waals surface area contributed by atoms with Gasteiger partial charge in [0.1, 0.15) is 6.07 Å². The lowest BCUT2D eigenvalue weighted by Crippen LogP contribution is -2.17. The summed E-state index contributed by atoms with van der Waals surface area (Å²) in [5, 5.41) is 8.89. The van der Waals surface area contributed by atoms with Crippen LogP contribution in [0, 0.1) is 11.3 Å². The summed E-state index contributed by atoms with van der Waals surface area (Å²) in [6.45, 7) is 0. The zero-order valence-corrected chi connectivity index (χ0v) is 11.9. The molecule has 0 aliphatic heterocycles. The number of rotatable bonds is 5. The highest BCUT2D eigenvalue weighted by atomic mass is 79.9. The van der Waals surface area contributed by atoms with Crippen molar-refractivity contribution in [2.75, 3.05) is 16.4 Å². The molecule has 0 radical (unpaired) electrons. The van der Waals surface area contributed by atoms with Crippen molar-refractivity contribution >= 4 is 43.2 Å². The third-order valence-electron chi connectivity index (χ3n) is 1.91. The lowest BCUT2D eigenvalue weighted by Gasteiger charge is -2.08. The standard InChI is InChI=1S/C10H10BrClN2O2S/c11-9-2-3-10(8(6-9)7-13)14-17(15,16)5-1-4-12/h2-3,6,14H,1,4-5H2. The molecule has 0 heterocycles. The van der Waals surface area contributed by atoms with Crippen molar-refractivity contribution < 1.29 is 8.42 Å². The van der Waals surface area contributed by atoms with Crippen LogP contribution in [0.15, 0.2) is 22.7 Å². The smallest absolute Gasteiger partial charge is 0.232 e. The van der Waals surface area contributed by atoms with Crippen LogP contribution in [0.25, 0.3) is 0 Å². The SMILES string of the molecule is N#Cc1cc(Br)ccc1NS(=O)(=O)CCCCl. The maximum atomic E-state index is 11.6. The molecule has 0 amide bonds. The third kappa shape index (κ3) is 4.54. The number of hydrogen-bond donors (Lipinski definition) is 1. The molecule has 1 aromatic rings. The molecule has 0 fully saturated rings. The largest absolute Gasteiger partial charge is 0.282 e. The van der Waals surface area contributed by atoms with Gasteiger partial charge in [0, 0.05) is 10.4 Å². The van der Waals surface area contributed by atoms with Crippen LogP contribution >= 0.6 is 27.5 Å². The van der Waals surface area contributed by atoms with E-state index in [-0.39, 0.29) is 22.9 Å². The summed E-state index contributed by atoms with van der Waals surface area (Å²) < 4.78 is 26.3. The van der Waals surface area contributed by atoms with Crippen molar-refractivity contribution in [3.63, 3.8) is 0 Å². The molecule has 0 aliphatic rings. The fraction of sp³-hybridized carbons (Fsp3) is 0.300. The van der Waals surface area contributed by atoms with Crippen LogP contribution in [-0.4, -0.2) is 20.1 Å².